The fourth-order valence-corrected chi connectivity index (χ4v) is 1.59. The topological polar surface area (TPSA) is 47.8 Å². The average molecular weight is 215 g/mol. The van der Waals surface area contributed by atoms with Crippen molar-refractivity contribution in [2.45, 2.75) is 20.4 Å². The van der Waals surface area contributed by atoms with Crippen LogP contribution in [-0.4, -0.2) is 21.3 Å². The van der Waals surface area contributed by atoms with E-state index in [0.29, 0.717) is 18.5 Å². The molecule has 0 saturated carbocycles. The third-order valence-electron chi connectivity index (χ3n) is 2.51. The molecule has 0 aliphatic carbocycles. The molecule has 0 N–H and O–H groups in total. The highest BCUT2D eigenvalue weighted by Gasteiger charge is 2.03. The number of aromatic nitrogens is 3. The SMILES string of the molecule is Cc1ccc(C)c(Cn2cc(C=O)nn2)c1. The van der Waals surface area contributed by atoms with Gasteiger partial charge in [-0.1, -0.05) is 29.0 Å². The van der Waals surface area contributed by atoms with Crippen LogP contribution in [0.15, 0.2) is 24.4 Å². The molecular weight excluding hydrogens is 202 g/mol. The van der Waals surface area contributed by atoms with Crippen molar-refractivity contribution in [1.29, 1.82) is 0 Å². The molecule has 4 nitrogen and oxygen atoms in total. The molecule has 0 amide bonds. The van der Waals surface area contributed by atoms with Crippen LogP contribution in [0, 0.1) is 13.8 Å². The average Bonchev–Trinajstić information content (AvgIpc) is 2.71. The largest absolute Gasteiger partial charge is 0.296 e. The van der Waals surface area contributed by atoms with Crippen molar-refractivity contribution in [2.24, 2.45) is 0 Å². The molecule has 1 aromatic carbocycles. The number of carbonyl (C=O) groups is 1. The molecule has 1 heterocycles. The molecule has 0 bridgehead atoms. The van der Waals surface area contributed by atoms with Crippen LogP contribution in [0.2, 0.25) is 0 Å². The molecule has 0 atom stereocenters. The molecule has 0 fully saturated rings. The van der Waals surface area contributed by atoms with Crippen LogP contribution >= 0.6 is 0 Å². The van der Waals surface area contributed by atoms with Crippen molar-refractivity contribution in [1.82, 2.24) is 15.0 Å². The standard InChI is InChI=1S/C12H13N3O/c1-9-3-4-10(2)11(5-9)6-15-7-12(8-16)13-14-15/h3-5,7-8H,6H2,1-2H3. The minimum Gasteiger partial charge on any atom is -0.296 e. The Hall–Kier alpha value is -1.97. The van der Waals surface area contributed by atoms with Gasteiger partial charge in [-0.05, 0) is 25.0 Å². The summed E-state index contributed by atoms with van der Waals surface area (Å²) in [5, 5.41) is 7.62. The number of aldehydes is 1. The van der Waals surface area contributed by atoms with E-state index in [1.54, 1.807) is 10.9 Å². The van der Waals surface area contributed by atoms with E-state index < -0.39 is 0 Å². The van der Waals surface area contributed by atoms with E-state index in [1.807, 2.05) is 0 Å². The zero-order valence-corrected chi connectivity index (χ0v) is 9.34. The predicted octanol–water partition coefficient (Wildman–Crippen LogP) is 1.76. The van der Waals surface area contributed by atoms with E-state index in [1.165, 1.54) is 16.7 Å². The monoisotopic (exact) mass is 215 g/mol. The molecule has 82 valence electrons. The minimum atomic E-state index is 0.366. The summed E-state index contributed by atoms with van der Waals surface area (Å²) < 4.78 is 1.67. The molecule has 1 aromatic heterocycles. The fraction of sp³-hybridized carbons (Fsp3) is 0.250. The minimum absolute atomic E-state index is 0.366. The molecule has 0 aliphatic rings. The Labute approximate surface area is 93.9 Å². The van der Waals surface area contributed by atoms with Gasteiger partial charge in [0.1, 0.15) is 5.69 Å². The lowest BCUT2D eigenvalue weighted by Crippen LogP contribution is -2.02. The Bertz CT molecular complexity index is 517. The van der Waals surface area contributed by atoms with Gasteiger partial charge < -0.3 is 0 Å². The zero-order chi connectivity index (χ0) is 11.5. The maximum absolute atomic E-state index is 10.5. The summed E-state index contributed by atoms with van der Waals surface area (Å²) in [6, 6.07) is 6.29. The Kier molecular flexibility index (Phi) is 2.81. The molecule has 2 rings (SSSR count). The molecular formula is C12H13N3O. The lowest BCUT2D eigenvalue weighted by Gasteiger charge is -2.06. The highest BCUT2D eigenvalue weighted by molar-refractivity contribution is 5.70. The van der Waals surface area contributed by atoms with Crippen LogP contribution in [0.25, 0.3) is 0 Å². The Balaban J connectivity index is 2.26. The molecule has 0 saturated heterocycles. The third-order valence-corrected chi connectivity index (χ3v) is 2.51. The summed E-state index contributed by atoms with van der Waals surface area (Å²) in [5.41, 5.74) is 4.00. The zero-order valence-electron chi connectivity index (χ0n) is 9.34. The van der Waals surface area contributed by atoms with Gasteiger partial charge in [0.2, 0.25) is 0 Å². The van der Waals surface area contributed by atoms with Gasteiger partial charge in [-0.2, -0.15) is 0 Å². The van der Waals surface area contributed by atoms with E-state index >= 15 is 0 Å². The number of benzene rings is 1. The maximum atomic E-state index is 10.5. The second-order valence-corrected chi connectivity index (χ2v) is 3.89. The van der Waals surface area contributed by atoms with Gasteiger partial charge in [0, 0.05) is 0 Å². The van der Waals surface area contributed by atoms with E-state index in [-0.39, 0.29) is 0 Å². The van der Waals surface area contributed by atoms with Crippen LogP contribution < -0.4 is 0 Å². The van der Waals surface area contributed by atoms with Gasteiger partial charge in [0.15, 0.2) is 6.29 Å². The van der Waals surface area contributed by atoms with Crippen LogP contribution in [0.1, 0.15) is 27.2 Å². The summed E-state index contributed by atoms with van der Waals surface area (Å²) in [5.74, 6) is 0. The first-order valence-corrected chi connectivity index (χ1v) is 5.10. The van der Waals surface area contributed by atoms with Gasteiger partial charge in [0.05, 0.1) is 12.7 Å². The molecule has 0 spiro atoms. The van der Waals surface area contributed by atoms with Gasteiger partial charge in [-0.15, -0.1) is 5.10 Å². The summed E-state index contributed by atoms with van der Waals surface area (Å²) >= 11 is 0. The Morgan fingerprint density at radius 3 is 2.88 bits per heavy atom. The van der Waals surface area contributed by atoms with Crippen molar-refractivity contribution in [3.8, 4) is 0 Å². The van der Waals surface area contributed by atoms with E-state index in [2.05, 4.69) is 42.4 Å². The first kappa shape index (κ1) is 10.5. The summed E-state index contributed by atoms with van der Waals surface area (Å²) in [6.07, 6.45) is 2.35. The predicted molar refractivity (Wildman–Crippen MR) is 60.4 cm³/mol. The van der Waals surface area contributed by atoms with E-state index in [0.717, 1.165) is 0 Å². The number of rotatable bonds is 3. The normalized spacial score (nSPS) is 10.4. The lowest BCUT2D eigenvalue weighted by atomic mass is 10.1. The molecule has 4 heteroatoms. The summed E-state index contributed by atoms with van der Waals surface area (Å²) in [6.45, 7) is 4.77. The third kappa shape index (κ3) is 2.16. The van der Waals surface area contributed by atoms with Crippen LogP contribution in [0.4, 0.5) is 0 Å². The van der Waals surface area contributed by atoms with Crippen molar-refractivity contribution >= 4 is 6.29 Å². The Morgan fingerprint density at radius 1 is 1.38 bits per heavy atom. The number of hydrogen-bond acceptors (Lipinski definition) is 3. The van der Waals surface area contributed by atoms with E-state index in [9.17, 15) is 4.79 Å². The van der Waals surface area contributed by atoms with Crippen molar-refractivity contribution in [3.63, 3.8) is 0 Å². The highest BCUT2D eigenvalue weighted by Crippen LogP contribution is 2.11. The molecule has 0 aliphatic heterocycles. The van der Waals surface area contributed by atoms with Crippen LogP contribution in [0.3, 0.4) is 0 Å². The summed E-state index contributed by atoms with van der Waals surface area (Å²) in [4.78, 5) is 10.5. The lowest BCUT2D eigenvalue weighted by molar-refractivity contribution is 0.111. The smallest absolute Gasteiger partial charge is 0.171 e. The summed E-state index contributed by atoms with van der Waals surface area (Å²) in [7, 11) is 0. The molecule has 0 radical (unpaired) electrons. The van der Waals surface area contributed by atoms with Crippen molar-refractivity contribution < 1.29 is 4.79 Å². The van der Waals surface area contributed by atoms with Gasteiger partial charge in [-0.25, -0.2) is 4.68 Å². The first-order chi connectivity index (χ1) is 7.69. The number of nitrogens with zero attached hydrogens (tertiary/aromatic N) is 3. The molecule has 2 aromatic rings. The van der Waals surface area contributed by atoms with Gasteiger partial charge in [0.25, 0.3) is 0 Å². The van der Waals surface area contributed by atoms with Gasteiger partial charge >= 0.3 is 0 Å². The number of aryl methyl sites for hydroxylation is 2. The van der Waals surface area contributed by atoms with Crippen molar-refractivity contribution in [2.75, 3.05) is 0 Å². The molecule has 16 heavy (non-hydrogen) atoms. The van der Waals surface area contributed by atoms with Crippen LogP contribution in [-0.2, 0) is 6.54 Å². The van der Waals surface area contributed by atoms with Gasteiger partial charge in [-0.3, -0.25) is 4.79 Å². The Morgan fingerprint density at radius 2 is 2.19 bits per heavy atom. The van der Waals surface area contributed by atoms with E-state index in [4.69, 9.17) is 0 Å². The van der Waals surface area contributed by atoms with Crippen molar-refractivity contribution in [3.05, 3.63) is 46.8 Å². The maximum Gasteiger partial charge on any atom is 0.171 e. The quantitative estimate of drug-likeness (QED) is 0.733. The second kappa shape index (κ2) is 4.26. The second-order valence-electron chi connectivity index (χ2n) is 3.89. The highest BCUT2D eigenvalue weighted by atomic mass is 16.1. The first-order valence-electron chi connectivity index (χ1n) is 5.10. The number of carbonyl (C=O) groups excluding carboxylic acids is 1. The van der Waals surface area contributed by atoms with Crippen LogP contribution in [0.5, 0.6) is 0 Å². The number of hydrogen-bond donors (Lipinski definition) is 0. The molecule has 0 unspecified atom stereocenters. The fourth-order valence-electron chi connectivity index (χ4n) is 1.59.